The van der Waals surface area contributed by atoms with Crippen molar-refractivity contribution in [1.82, 2.24) is 10.6 Å². The Bertz CT molecular complexity index is 323. The highest BCUT2D eigenvalue weighted by Crippen LogP contribution is 2.19. The SMILES string of the molecule is O=C(CC[C@H]1CCNC1=O)C(=O)NC1CC1. The quantitative estimate of drug-likeness (QED) is 0.632. The maximum absolute atomic E-state index is 11.4. The van der Waals surface area contributed by atoms with E-state index in [4.69, 9.17) is 0 Å². The van der Waals surface area contributed by atoms with Gasteiger partial charge in [0.25, 0.3) is 5.91 Å². The van der Waals surface area contributed by atoms with Crippen molar-refractivity contribution in [2.75, 3.05) is 6.54 Å². The van der Waals surface area contributed by atoms with Gasteiger partial charge in [-0.2, -0.15) is 0 Å². The smallest absolute Gasteiger partial charge is 0.287 e. The molecular weight excluding hydrogens is 208 g/mol. The highest BCUT2D eigenvalue weighted by molar-refractivity contribution is 6.36. The standard InChI is InChI=1S/C11H16N2O3/c14-9(11(16)13-8-2-3-8)4-1-7-5-6-12-10(7)15/h7-8H,1-6H2,(H,12,15)(H,13,16)/t7-/m0/s1. The third-order valence-corrected chi connectivity index (χ3v) is 3.05. The molecule has 1 heterocycles. The average Bonchev–Trinajstić information content (AvgIpc) is 2.97. The van der Waals surface area contributed by atoms with Gasteiger partial charge in [-0.25, -0.2) is 0 Å². The van der Waals surface area contributed by atoms with Crippen molar-refractivity contribution < 1.29 is 14.4 Å². The Labute approximate surface area is 94.0 Å². The lowest BCUT2D eigenvalue weighted by atomic mass is 10.00. The summed E-state index contributed by atoms with van der Waals surface area (Å²) >= 11 is 0. The van der Waals surface area contributed by atoms with E-state index in [1.807, 2.05) is 0 Å². The molecule has 1 aliphatic heterocycles. The summed E-state index contributed by atoms with van der Waals surface area (Å²) in [6.07, 6.45) is 3.39. The van der Waals surface area contributed by atoms with Crippen LogP contribution in [0.4, 0.5) is 0 Å². The molecule has 0 unspecified atom stereocenters. The molecule has 2 aliphatic rings. The van der Waals surface area contributed by atoms with Crippen LogP contribution in [0.5, 0.6) is 0 Å². The largest absolute Gasteiger partial charge is 0.356 e. The van der Waals surface area contributed by atoms with Gasteiger partial charge in [0.1, 0.15) is 0 Å². The van der Waals surface area contributed by atoms with Gasteiger partial charge in [-0.3, -0.25) is 14.4 Å². The van der Waals surface area contributed by atoms with Crippen LogP contribution in [-0.4, -0.2) is 30.2 Å². The summed E-state index contributed by atoms with van der Waals surface area (Å²) in [5, 5.41) is 5.37. The second-order valence-electron chi connectivity index (χ2n) is 4.49. The molecule has 0 aromatic heterocycles. The fraction of sp³-hybridized carbons (Fsp3) is 0.727. The van der Waals surface area contributed by atoms with E-state index in [0.717, 1.165) is 19.3 Å². The topological polar surface area (TPSA) is 75.3 Å². The van der Waals surface area contributed by atoms with E-state index in [1.165, 1.54) is 0 Å². The third kappa shape index (κ3) is 2.81. The summed E-state index contributed by atoms with van der Waals surface area (Å²) in [6, 6.07) is 0.214. The van der Waals surface area contributed by atoms with Gasteiger partial charge in [-0.15, -0.1) is 0 Å². The van der Waals surface area contributed by atoms with Gasteiger partial charge >= 0.3 is 0 Å². The summed E-state index contributed by atoms with van der Waals surface area (Å²) < 4.78 is 0. The molecule has 5 heteroatoms. The zero-order valence-corrected chi connectivity index (χ0v) is 9.12. The van der Waals surface area contributed by atoms with E-state index in [2.05, 4.69) is 10.6 Å². The van der Waals surface area contributed by atoms with Crippen LogP contribution in [0.2, 0.25) is 0 Å². The molecule has 1 aliphatic carbocycles. The Morgan fingerprint density at radius 3 is 2.62 bits per heavy atom. The van der Waals surface area contributed by atoms with Gasteiger partial charge in [0.05, 0.1) is 0 Å². The van der Waals surface area contributed by atoms with E-state index in [0.29, 0.717) is 13.0 Å². The first-order chi connectivity index (χ1) is 7.66. The lowest BCUT2D eigenvalue weighted by Crippen LogP contribution is -2.33. The van der Waals surface area contributed by atoms with Gasteiger partial charge in [0, 0.05) is 24.9 Å². The lowest BCUT2D eigenvalue weighted by molar-refractivity contribution is -0.138. The fourth-order valence-corrected chi connectivity index (χ4v) is 1.83. The molecule has 2 rings (SSSR count). The molecule has 0 aromatic carbocycles. The molecule has 16 heavy (non-hydrogen) atoms. The summed E-state index contributed by atoms with van der Waals surface area (Å²) in [5.41, 5.74) is 0. The maximum atomic E-state index is 11.4. The lowest BCUT2D eigenvalue weighted by Gasteiger charge is -2.05. The molecule has 1 atom stereocenters. The number of amides is 2. The van der Waals surface area contributed by atoms with Crippen LogP contribution in [0.1, 0.15) is 32.1 Å². The zero-order chi connectivity index (χ0) is 11.5. The summed E-state index contributed by atoms with van der Waals surface area (Å²) in [5.74, 6) is -0.958. The van der Waals surface area contributed by atoms with Crippen LogP contribution < -0.4 is 10.6 Å². The number of carbonyl (C=O) groups excluding carboxylic acids is 3. The highest BCUT2D eigenvalue weighted by atomic mass is 16.2. The first-order valence-electron chi connectivity index (χ1n) is 5.78. The zero-order valence-electron chi connectivity index (χ0n) is 9.12. The molecule has 2 amide bonds. The molecule has 0 bridgehead atoms. The number of carbonyl (C=O) groups is 3. The Morgan fingerprint density at radius 2 is 2.06 bits per heavy atom. The molecule has 5 nitrogen and oxygen atoms in total. The first kappa shape index (κ1) is 11.1. The monoisotopic (exact) mass is 224 g/mol. The van der Waals surface area contributed by atoms with Crippen LogP contribution >= 0.6 is 0 Å². The van der Waals surface area contributed by atoms with Crippen LogP contribution in [0, 0.1) is 5.92 Å². The second-order valence-corrected chi connectivity index (χ2v) is 4.49. The van der Waals surface area contributed by atoms with Crippen LogP contribution in [0.3, 0.4) is 0 Å². The fourth-order valence-electron chi connectivity index (χ4n) is 1.83. The number of rotatable bonds is 5. The molecular formula is C11H16N2O3. The van der Waals surface area contributed by atoms with E-state index in [-0.39, 0.29) is 24.3 Å². The van der Waals surface area contributed by atoms with Crippen molar-refractivity contribution in [3.05, 3.63) is 0 Å². The van der Waals surface area contributed by atoms with Crippen molar-refractivity contribution in [3.8, 4) is 0 Å². The number of ketones is 1. The summed E-state index contributed by atoms with van der Waals surface area (Å²) in [4.78, 5) is 34.0. The summed E-state index contributed by atoms with van der Waals surface area (Å²) in [7, 11) is 0. The highest BCUT2D eigenvalue weighted by Gasteiger charge is 2.28. The minimum absolute atomic E-state index is 0.00963. The maximum Gasteiger partial charge on any atom is 0.287 e. The molecule has 2 fully saturated rings. The number of Topliss-reactive ketones (excluding diaryl/α,β-unsaturated/α-hetero) is 1. The van der Waals surface area contributed by atoms with Crippen LogP contribution in [0.25, 0.3) is 0 Å². The van der Waals surface area contributed by atoms with Gasteiger partial charge in [0.2, 0.25) is 11.7 Å². The molecule has 1 saturated heterocycles. The molecule has 0 radical (unpaired) electrons. The minimum Gasteiger partial charge on any atom is -0.356 e. The van der Waals surface area contributed by atoms with Crippen LogP contribution in [0.15, 0.2) is 0 Å². The normalized spacial score (nSPS) is 24.0. The average molecular weight is 224 g/mol. The van der Waals surface area contributed by atoms with E-state index < -0.39 is 11.7 Å². The predicted octanol–water partition coefficient (Wildman–Crippen LogP) is -0.250. The molecule has 88 valence electrons. The van der Waals surface area contributed by atoms with Crippen molar-refractivity contribution >= 4 is 17.6 Å². The van der Waals surface area contributed by atoms with Crippen LogP contribution in [-0.2, 0) is 14.4 Å². The first-order valence-corrected chi connectivity index (χ1v) is 5.78. The van der Waals surface area contributed by atoms with Gasteiger partial charge in [0.15, 0.2) is 0 Å². The molecule has 2 N–H and O–H groups in total. The van der Waals surface area contributed by atoms with Crippen molar-refractivity contribution in [3.63, 3.8) is 0 Å². The third-order valence-electron chi connectivity index (χ3n) is 3.05. The van der Waals surface area contributed by atoms with E-state index in [9.17, 15) is 14.4 Å². The Kier molecular flexibility index (Phi) is 3.22. The van der Waals surface area contributed by atoms with Gasteiger partial charge in [-0.1, -0.05) is 0 Å². The van der Waals surface area contributed by atoms with Crippen molar-refractivity contribution in [2.45, 2.75) is 38.1 Å². The van der Waals surface area contributed by atoms with E-state index >= 15 is 0 Å². The Balaban J connectivity index is 1.69. The van der Waals surface area contributed by atoms with Gasteiger partial charge in [-0.05, 0) is 25.7 Å². The Morgan fingerprint density at radius 1 is 1.31 bits per heavy atom. The minimum atomic E-state index is -0.485. The molecule has 0 aromatic rings. The van der Waals surface area contributed by atoms with E-state index in [1.54, 1.807) is 0 Å². The number of nitrogens with one attached hydrogen (secondary N) is 2. The van der Waals surface area contributed by atoms with Crippen molar-refractivity contribution in [1.29, 1.82) is 0 Å². The molecule has 1 saturated carbocycles. The summed E-state index contributed by atoms with van der Waals surface area (Å²) in [6.45, 7) is 0.686. The van der Waals surface area contributed by atoms with Crippen molar-refractivity contribution in [2.24, 2.45) is 5.92 Å². The predicted molar refractivity (Wildman–Crippen MR) is 56.5 cm³/mol. The number of hydrogen-bond acceptors (Lipinski definition) is 3. The second kappa shape index (κ2) is 4.63. The molecule has 0 spiro atoms. The van der Waals surface area contributed by atoms with Gasteiger partial charge < -0.3 is 10.6 Å². The number of hydrogen-bond donors (Lipinski definition) is 2. The Hall–Kier alpha value is -1.39.